The third-order valence-electron chi connectivity index (χ3n) is 8.96. The Morgan fingerprint density at radius 3 is 1.97 bits per heavy atom. The van der Waals surface area contributed by atoms with Gasteiger partial charge in [-0.3, -0.25) is 0 Å². The van der Waals surface area contributed by atoms with Crippen molar-refractivity contribution in [3.8, 4) is 0 Å². The number of amides is 2. The van der Waals surface area contributed by atoms with Crippen LogP contribution < -0.4 is 0 Å². The maximum atomic E-state index is 14.3. The molecule has 1 aromatic rings. The number of hydrogen-bond acceptors (Lipinski definition) is 5. The van der Waals surface area contributed by atoms with Gasteiger partial charge in [-0.15, -0.1) is 0 Å². The lowest BCUT2D eigenvalue weighted by Crippen LogP contribution is -2.59. The number of benzene rings is 1. The predicted molar refractivity (Wildman–Crippen MR) is 155 cm³/mol. The monoisotopic (exact) mass is 550 g/mol. The first-order valence-corrected chi connectivity index (χ1v) is 19.5. The first-order valence-electron chi connectivity index (χ1n) is 13.7. The average Bonchev–Trinajstić information content (AvgIpc) is 3.14. The fraction of sp³-hybridized carbons (Fsp3) is 0.724. The maximum Gasteiger partial charge on any atom is 0.524 e. The highest BCUT2D eigenvalue weighted by Gasteiger charge is 2.55. The summed E-state index contributed by atoms with van der Waals surface area (Å²) in [5.74, 6) is -0.645. The van der Waals surface area contributed by atoms with Crippen LogP contribution in [0.1, 0.15) is 61.0 Å². The van der Waals surface area contributed by atoms with Gasteiger partial charge in [-0.2, -0.15) is 9.28 Å². The van der Waals surface area contributed by atoms with E-state index in [0.29, 0.717) is 19.7 Å². The zero-order chi connectivity index (χ0) is 28.4. The van der Waals surface area contributed by atoms with E-state index in [0.717, 1.165) is 5.56 Å². The lowest BCUT2D eigenvalue weighted by Gasteiger charge is -2.44. The summed E-state index contributed by atoms with van der Waals surface area (Å²) in [6.45, 7) is 27.7. The van der Waals surface area contributed by atoms with Crippen molar-refractivity contribution in [2.24, 2.45) is 11.8 Å². The van der Waals surface area contributed by atoms with Gasteiger partial charge >= 0.3 is 12.0 Å². The quantitative estimate of drug-likeness (QED) is 0.225. The van der Waals surface area contributed by atoms with Crippen LogP contribution in [0.25, 0.3) is 0 Å². The van der Waals surface area contributed by atoms with Gasteiger partial charge in [-0.25, -0.2) is 4.79 Å². The summed E-state index contributed by atoms with van der Waals surface area (Å²) in [4.78, 5) is 27.4. The minimum Gasteiger partial charge on any atom is -0.416 e. The lowest BCUT2D eigenvalue weighted by molar-refractivity contribution is -0.782. The van der Waals surface area contributed by atoms with Gasteiger partial charge in [0.1, 0.15) is 19.7 Å². The highest BCUT2D eigenvalue weighted by molar-refractivity contribution is 6.74. The van der Waals surface area contributed by atoms with Crippen LogP contribution in [-0.4, -0.2) is 59.0 Å². The molecular weight excluding hydrogens is 498 g/mol. The molecule has 0 radical (unpaired) electrons. The Morgan fingerprint density at radius 2 is 1.51 bits per heavy atom. The molecule has 8 heteroatoms. The summed E-state index contributed by atoms with van der Waals surface area (Å²) >= 11 is 0. The average molecular weight is 551 g/mol. The van der Waals surface area contributed by atoms with Gasteiger partial charge in [-0.1, -0.05) is 78.8 Å². The normalized spacial score (nSPS) is 21.9. The van der Waals surface area contributed by atoms with Gasteiger partial charge in [-0.05, 0) is 43.2 Å². The summed E-state index contributed by atoms with van der Waals surface area (Å²) in [7, 11) is -4.21. The summed E-state index contributed by atoms with van der Waals surface area (Å²) in [6.07, 6.45) is -0.825. The van der Waals surface area contributed by atoms with Crippen molar-refractivity contribution < 1.29 is 27.7 Å². The van der Waals surface area contributed by atoms with Gasteiger partial charge in [0, 0.05) is 18.1 Å². The maximum absolute atomic E-state index is 14.3. The topological polar surface area (TPSA) is 61.8 Å². The van der Waals surface area contributed by atoms with Crippen LogP contribution in [0.15, 0.2) is 30.3 Å². The second-order valence-corrected chi connectivity index (χ2v) is 23.5. The molecule has 37 heavy (non-hydrogen) atoms. The molecule has 2 rings (SSSR count). The fourth-order valence-corrected chi connectivity index (χ4v) is 6.81. The number of carbonyl (C=O) groups is 2. The van der Waals surface area contributed by atoms with Crippen molar-refractivity contribution in [3.63, 3.8) is 0 Å². The number of nitrogens with zero attached hydrogens (tertiary/aromatic N) is 1. The van der Waals surface area contributed by atoms with Crippen LogP contribution in [0.4, 0.5) is 4.79 Å². The van der Waals surface area contributed by atoms with Crippen LogP contribution in [0.2, 0.25) is 36.3 Å². The second-order valence-electron chi connectivity index (χ2n) is 14.0. The Morgan fingerprint density at radius 1 is 0.973 bits per heavy atom. The van der Waals surface area contributed by atoms with Crippen LogP contribution >= 0.6 is 0 Å². The Bertz CT molecular complexity index is 936. The molecule has 0 saturated carbocycles. The standard InChI is InChI=1S/C29H52NO5Si2/c1-22(21-34-36(9,10)28(3,4)5)25(35-37(11,12)29(6,7)8)23(2)26(31)30(18-19-33-27(30)32)20-24-16-14-13-15-17-24/h13-17,22-23,25H,18-21H2,1-12H3/q+1. The summed E-state index contributed by atoms with van der Waals surface area (Å²) < 4.78 is 18.7. The predicted octanol–water partition coefficient (Wildman–Crippen LogP) is 7.36. The molecule has 210 valence electrons. The summed E-state index contributed by atoms with van der Waals surface area (Å²) in [5.41, 5.74) is 0.943. The number of rotatable bonds is 10. The van der Waals surface area contributed by atoms with Crippen LogP contribution in [0, 0.1) is 11.8 Å². The van der Waals surface area contributed by atoms with Crippen LogP contribution in [-0.2, 0) is 24.9 Å². The van der Waals surface area contributed by atoms with E-state index in [4.69, 9.17) is 13.6 Å². The zero-order valence-electron chi connectivity index (χ0n) is 25.4. The molecule has 4 atom stereocenters. The van der Waals surface area contributed by atoms with Crippen molar-refractivity contribution >= 4 is 28.6 Å². The van der Waals surface area contributed by atoms with Crippen molar-refractivity contribution in [2.45, 2.75) is 104 Å². The first kappa shape index (κ1) is 31.9. The van der Waals surface area contributed by atoms with E-state index in [2.05, 4.69) is 74.7 Å². The zero-order valence-corrected chi connectivity index (χ0v) is 27.4. The first-order chi connectivity index (χ1) is 16.8. The molecule has 1 aromatic carbocycles. The molecule has 1 saturated heterocycles. The van der Waals surface area contributed by atoms with Gasteiger partial charge < -0.3 is 13.6 Å². The highest BCUT2D eigenvalue weighted by atomic mass is 28.4. The van der Waals surface area contributed by atoms with E-state index in [1.807, 2.05) is 37.3 Å². The van der Waals surface area contributed by atoms with E-state index >= 15 is 0 Å². The lowest BCUT2D eigenvalue weighted by atomic mass is 9.92. The molecule has 1 heterocycles. The van der Waals surface area contributed by atoms with Gasteiger partial charge in [0.25, 0.3) is 0 Å². The van der Waals surface area contributed by atoms with E-state index in [1.165, 1.54) is 0 Å². The molecule has 0 aliphatic carbocycles. The molecule has 1 fully saturated rings. The van der Waals surface area contributed by atoms with Crippen molar-refractivity contribution in [1.29, 1.82) is 0 Å². The van der Waals surface area contributed by atoms with Gasteiger partial charge in [0.15, 0.2) is 16.6 Å². The van der Waals surface area contributed by atoms with E-state index in [1.54, 1.807) is 0 Å². The number of ether oxygens (including phenoxy) is 1. The molecule has 1 aliphatic heterocycles. The fourth-order valence-electron chi connectivity index (χ4n) is 4.23. The van der Waals surface area contributed by atoms with Crippen LogP contribution in [0.5, 0.6) is 0 Å². The minimum atomic E-state index is -2.23. The van der Waals surface area contributed by atoms with Crippen LogP contribution in [0.3, 0.4) is 0 Å². The molecule has 4 unspecified atom stereocenters. The minimum absolute atomic E-state index is 0.0161. The van der Waals surface area contributed by atoms with Gasteiger partial charge in [0.2, 0.25) is 0 Å². The van der Waals surface area contributed by atoms with Crippen molar-refractivity contribution in [3.05, 3.63) is 35.9 Å². The Balaban J connectivity index is 2.42. The molecule has 0 bridgehead atoms. The third-order valence-corrected chi connectivity index (χ3v) is 17.9. The molecule has 6 nitrogen and oxygen atoms in total. The highest BCUT2D eigenvalue weighted by Crippen LogP contribution is 2.41. The van der Waals surface area contributed by atoms with E-state index in [9.17, 15) is 9.59 Å². The Kier molecular flexibility index (Phi) is 9.84. The molecule has 0 aromatic heterocycles. The summed E-state index contributed by atoms with van der Waals surface area (Å²) in [5, 5.41) is 0.0745. The SMILES string of the molecule is CC(CO[Si](C)(C)C(C)(C)C)C(O[Si](C)(C)C(C)(C)C)C(C)C(=O)[N+]1(Cc2ccccc2)CCOC1=O. The molecule has 0 spiro atoms. The molecule has 2 amide bonds. The Hall–Kier alpha value is -1.33. The Labute approximate surface area is 227 Å². The number of cyclic esters (lactones) is 1. The molecule has 1 aliphatic rings. The van der Waals surface area contributed by atoms with E-state index < -0.39 is 28.6 Å². The van der Waals surface area contributed by atoms with Crippen molar-refractivity contribution in [1.82, 2.24) is 0 Å². The number of quaternary nitrogens is 1. The molecule has 0 N–H and O–H groups in total. The van der Waals surface area contributed by atoms with Gasteiger partial charge in [0.05, 0.1) is 12.0 Å². The number of hydrogen-bond donors (Lipinski definition) is 0. The third kappa shape index (κ3) is 7.21. The number of imide groups is 1. The smallest absolute Gasteiger partial charge is 0.416 e. The second kappa shape index (κ2) is 11.4. The largest absolute Gasteiger partial charge is 0.524 e. The molecular formula is C29H52NO5Si2+. The van der Waals surface area contributed by atoms with E-state index in [-0.39, 0.29) is 39.1 Å². The number of carbonyl (C=O) groups excluding carboxylic acids is 2. The summed E-state index contributed by atoms with van der Waals surface area (Å²) in [6, 6.07) is 9.73. The van der Waals surface area contributed by atoms with Crippen molar-refractivity contribution in [2.75, 3.05) is 19.8 Å².